The maximum absolute atomic E-state index is 12.4. The number of primary amides is 1. The molecule has 0 unspecified atom stereocenters. The van der Waals surface area contributed by atoms with Crippen molar-refractivity contribution < 1.29 is 41.8 Å². The van der Waals surface area contributed by atoms with Crippen LogP contribution in [0.15, 0.2) is 30.0 Å². The van der Waals surface area contributed by atoms with E-state index in [9.17, 15) is 27.6 Å². The molecule has 11 heteroatoms. The third-order valence-corrected chi connectivity index (χ3v) is 2.79. The third kappa shape index (κ3) is 6.34. The number of halogens is 3. The number of ether oxygens (including phenoxy) is 3. The molecule has 8 nitrogen and oxygen atoms in total. The summed E-state index contributed by atoms with van der Waals surface area (Å²) >= 11 is 0. The molecular formula is C15H15F3N2O6. The lowest BCUT2D eigenvalue weighted by atomic mass is 10.1. The minimum Gasteiger partial charge on any atom is -0.482 e. The summed E-state index contributed by atoms with van der Waals surface area (Å²) < 4.78 is 50.6. The van der Waals surface area contributed by atoms with Gasteiger partial charge in [-0.3, -0.25) is 4.79 Å². The molecule has 3 N–H and O–H groups in total. The van der Waals surface area contributed by atoms with Gasteiger partial charge in [0.2, 0.25) is 5.91 Å². The van der Waals surface area contributed by atoms with Crippen molar-refractivity contribution in [3.63, 3.8) is 0 Å². The summed E-state index contributed by atoms with van der Waals surface area (Å²) in [5.74, 6) is -3.15. The van der Waals surface area contributed by atoms with Gasteiger partial charge in [0.15, 0.2) is 6.61 Å². The van der Waals surface area contributed by atoms with Crippen molar-refractivity contribution in [3.8, 4) is 5.75 Å². The molecule has 0 spiro atoms. The first-order chi connectivity index (χ1) is 12.1. The highest BCUT2D eigenvalue weighted by Crippen LogP contribution is 2.29. The minimum absolute atomic E-state index is 0.0749. The maximum Gasteiger partial charge on any atom is 0.422 e. The summed E-state index contributed by atoms with van der Waals surface area (Å²) in [4.78, 5) is 34.4. The standard InChI is InChI=1S/C15H15F3N2O6/c1-24-12(21)6-10(14(23)25-2)20-9-5-8(13(19)22)3-4-11(9)26-7-15(16,17)18/h3-6,20H,7H2,1-2H3,(H2,19,22)/b10-6+. The van der Waals surface area contributed by atoms with E-state index in [-0.39, 0.29) is 17.0 Å². The predicted molar refractivity (Wildman–Crippen MR) is 82.2 cm³/mol. The Kier molecular flexibility index (Phi) is 6.99. The first-order valence-electron chi connectivity index (χ1n) is 6.85. The summed E-state index contributed by atoms with van der Waals surface area (Å²) in [6, 6.07) is 3.25. The molecule has 1 rings (SSSR count). The Morgan fingerprint density at radius 1 is 1.19 bits per heavy atom. The number of esters is 2. The van der Waals surface area contributed by atoms with Crippen molar-refractivity contribution in [3.05, 3.63) is 35.5 Å². The molecule has 0 aliphatic heterocycles. The van der Waals surface area contributed by atoms with Crippen molar-refractivity contribution in [1.82, 2.24) is 0 Å². The van der Waals surface area contributed by atoms with E-state index in [0.717, 1.165) is 38.5 Å². The highest BCUT2D eigenvalue weighted by molar-refractivity contribution is 6.00. The van der Waals surface area contributed by atoms with E-state index in [2.05, 4.69) is 19.5 Å². The van der Waals surface area contributed by atoms with Crippen molar-refractivity contribution >= 4 is 23.5 Å². The number of nitrogens with two attached hydrogens (primary N) is 1. The number of nitrogens with one attached hydrogen (secondary N) is 1. The van der Waals surface area contributed by atoms with Gasteiger partial charge in [-0.25, -0.2) is 9.59 Å². The van der Waals surface area contributed by atoms with Gasteiger partial charge in [0.05, 0.1) is 26.0 Å². The smallest absolute Gasteiger partial charge is 0.422 e. The SMILES string of the molecule is COC(=O)/C=C(/Nc1cc(C(N)=O)ccc1OCC(F)(F)F)C(=O)OC. The molecule has 1 aromatic rings. The molecule has 0 radical (unpaired) electrons. The molecule has 1 amide bonds. The van der Waals surface area contributed by atoms with Crippen LogP contribution in [-0.4, -0.2) is 44.8 Å². The number of hydrogen-bond acceptors (Lipinski definition) is 7. The van der Waals surface area contributed by atoms with E-state index in [0.29, 0.717) is 0 Å². The summed E-state index contributed by atoms with van der Waals surface area (Å²) in [6.07, 6.45) is -3.90. The van der Waals surface area contributed by atoms with Crippen LogP contribution in [0.4, 0.5) is 18.9 Å². The minimum atomic E-state index is -4.62. The van der Waals surface area contributed by atoms with Gasteiger partial charge in [0.25, 0.3) is 0 Å². The third-order valence-electron chi connectivity index (χ3n) is 2.79. The Morgan fingerprint density at radius 2 is 1.85 bits per heavy atom. The zero-order valence-corrected chi connectivity index (χ0v) is 13.7. The molecule has 0 fully saturated rings. The molecule has 142 valence electrons. The largest absolute Gasteiger partial charge is 0.482 e. The van der Waals surface area contributed by atoms with Gasteiger partial charge in [-0.05, 0) is 18.2 Å². The van der Waals surface area contributed by atoms with Gasteiger partial charge >= 0.3 is 18.1 Å². The van der Waals surface area contributed by atoms with E-state index in [1.165, 1.54) is 0 Å². The zero-order valence-electron chi connectivity index (χ0n) is 13.7. The number of amides is 1. The van der Waals surface area contributed by atoms with Crippen LogP contribution in [0.2, 0.25) is 0 Å². The van der Waals surface area contributed by atoms with Crippen LogP contribution in [0.3, 0.4) is 0 Å². The molecule has 0 heterocycles. The van der Waals surface area contributed by atoms with E-state index in [4.69, 9.17) is 5.73 Å². The summed E-state index contributed by atoms with van der Waals surface area (Å²) in [6.45, 7) is -1.62. The van der Waals surface area contributed by atoms with Gasteiger partial charge in [0.1, 0.15) is 11.4 Å². The monoisotopic (exact) mass is 376 g/mol. The van der Waals surface area contributed by atoms with Gasteiger partial charge in [0, 0.05) is 5.56 Å². The summed E-state index contributed by atoms with van der Waals surface area (Å²) in [5, 5.41) is 2.38. The van der Waals surface area contributed by atoms with E-state index >= 15 is 0 Å². The predicted octanol–water partition coefficient (Wildman–Crippen LogP) is 1.37. The van der Waals surface area contributed by atoms with E-state index in [1.807, 2.05) is 0 Å². The number of benzene rings is 1. The maximum atomic E-state index is 12.4. The average Bonchev–Trinajstić information content (AvgIpc) is 2.58. The van der Waals surface area contributed by atoms with Crippen molar-refractivity contribution in [1.29, 1.82) is 0 Å². The van der Waals surface area contributed by atoms with Crippen LogP contribution in [0, 0.1) is 0 Å². The second kappa shape index (κ2) is 8.74. The van der Waals surface area contributed by atoms with Crippen LogP contribution in [0.1, 0.15) is 10.4 Å². The number of carbonyl (C=O) groups excluding carboxylic acids is 3. The zero-order chi connectivity index (χ0) is 19.9. The molecule has 0 saturated carbocycles. The molecule has 0 bridgehead atoms. The molecule has 0 saturated heterocycles. The molecular weight excluding hydrogens is 361 g/mol. The second-order valence-corrected chi connectivity index (χ2v) is 4.68. The quantitative estimate of drug-likeness (QED) is 0.545. The van der Waals surface area contributed by atoms with Gasteiger partial charge < -0.3 is 25.3 Å². The fraction of sp³-hybridized carbons (Fsp3) is 0.267. The molecule has 26 heavy (non-hydrogen) atoms. The fourth-order valence-electron chi connectivity index (χ4n) is 1.64. The number of alkyl halides is 3. The van der Waals surface area contributed by atoms with Crippen LogP contribution in [-0.2, 0) is 19.1 Å². The van der Waals surface area contributed by atoms with Crippen LogP contribution < -0.4 is 15.8 Å². The first-order valence-corrected chi connectivity index (χ1v) is 6.85. The highest BCUT2D eigenvalue weighted by atomic mass is 19.4. The van der Waals surface area contributed by atoms with Crippen molar-refractivity contribution in [2.75, 3.05) is 26.1 Å². The number of carbonyl (C=O) groups is 3. The highest BCUT2D eigenvalue weighted by Gasteiger charge is 2.29. The van der Waals surface area contributed by atoms with Crippen LogP contribution >= 0.6 is 0 Å². The second-order valence-electron chi connectivity index (χ2n) is 4.68. The Balaban J connectivity index is 3.29. The van der Waals surface area contributed by atoms with Crippen molar-refractivity contribution in [2.24, 2.45) is 5.73 Å². The lowest BCUT2D eigenvalue weighted by molar-refractivity contribution is -0.153. The summed E-state index contributed by atoms with van der Waals surface area (Å²) in [7, 11) is 2.08. The Morgan fingerprint density at radius 3 is 2.35 bits per heavy atom. The Bertz CT molecular complexity index is 731. The molecule has 0 aliphatic rings. The number of anilines is 1. The number of rotatable bonds is 7. The average molecular weight is 376 g/mol. The lowest BCUT2D eigenvalue weighted by Gasteiger charge is -2.16. The number of methoxy groups -OCH3 is 2. The molecule has 0 aliphatic carbocycles. The van der Waals surface area contributed by atoms with E-state index in [1.54, 1.807) is 0 Å². The van der Waals surface area contributed by atoms with Gasteiger partial charge in [-0.1, -0.05) is 0 Å². The fourth-order valence-corrected chi connectivity index (χ4v) is 1.64. The number of hydrogen-bond donors (Lipinski definition) is 2. The molecule has 1 aromatic carbocycles. The van der Waals surface area contributed by atoms with E-state index < -0.39 is 36.3 Å². The van der Waals surface area contributed by atoms with Gasteiger partial charge in [-0.2, -0.15) is 13.2 Å². The lowest BCUT2D eigenvalue weighted by Crippen LogP contribution is -2.21. The van der Waals surface area contributed by atoms with Crippen LogP contribution in [0.25, 0.3) is 0 Å². The first kappa shape index (κ1) is 20.8. The molecule has 0 aromatic heterocycles. The Hall–Kier alpha value is -3.24. The Labute approximate surface area is 145 Å². The summed E-state index contributed by atoms with van der Waals surface area (Å²) in [5.41, 5.74) is 4.38. The topological polar surface area (TPSA) is 117 Å². The van der Waals surface area contributed by atoms with Crippen LogP contribution in [0.5, 0.6) is 5.75 Å². The van der Waals surface area contributed by atoms with Gasteiger partial charge in [-0.15, -0.1) is 0 Å². The molecule has 0 atom stereocenters. The van der Waals surface area contributed by atoms with Crippen molar-refractivity contribution in [2.45, 2.75) is 6.18 Å². The normalized spacial score (nSPS) is 11.5.